The molecule has 2 aromatic rings. The molecule has 18 heavy (non-hydrogen) atoms. The van der Waals surface area contributed by atoms with Crippen LogP contribution in [0.25, 0.3) is 0 Å². The minimum Gasteiger partial charge on any atom is -0.489 e. The second kappa shape index (κ2) is 5.69. The number of rotatable bonds is 4. The molecular weight excluding hydrogens is 226 g/mol. The molecule has 0 saturated carbocycles. The molecule has 0 unspecified atom stereocenters. The summed E-state index contributed by atoms with van der Waals surface area (Å²) in [5, 5.41) is 8.57. The minimum atomic E-state index is 0.418. The van der Waals surface area contributed by atoms with Gasteiger partial charge < -0.3 is 10.5 Å². The van der Waals surface area contributed by atoms with Crippen LogP contribution in [0.4, 0.5) is 5.82 Å². The van der Waals surface area contributed by atoms with E-state index in [1.165, 1.54) is 0 Å². The molecule has 4 nitrogen and oxygen atoms in total. The van der Waals surface area contributed by atoms with Gasteiger partial charge >= 0.3 is 0 Å². The lowest BCUT2D eigenvalue weighted by Gasteiger charge is -2.06. The third kappa shape index (κ3) is 3.22. The van der Waals surface area contributed by atoms with Crippen molar-refractivity contribution in [2.75, 3.05) is 5.73 Å². The first kappa shape index (κ1) is 11.9. The number of nitrogens with zero attached hydrogens (tertiary/aromatic N) is 2. The maximum Gasteiger partial charge on any atom is 0.123 e. The van der Waals surface area contributed by atoms with Gasteiger partial charge in [-0.05, 0) is 35.4 Å². The van der Waals surface area contributed by atoms with E-state index in [2.05, 4.69) is 11.1 Å². The van der Waals surface area contributed by atoms with Crippen LogP contribution in [0.2, 0.25) is 0 Å². The van der Waals surface area contributed by atoms with E-state index >= 15 is 0 Å². The van der Waals surface area contributed by atoms with Crippen molar-refractivity contribution in [1.82, 2.24) is 4.98 Å². The highest BCUT2D eigenvalue weighted by molar-refractivity contribution is 5.32. The third-order valence-electron chi connectivity index (χ3n) is 2.46. The van der Waals surface area contributed by atoms with Crippen molar-refractivity contribution in [2.24, 2.45) is 0 Å². The van der Waals surface area contributed by atoms with Gasteiger partial charge in [-0.15, -0.1) is 0 Å². The molecule has 1 heterocycles. The Bertz CT molecular complexity index is 558. The summed E-state index contributed by atoms with van der Waals surface area (Å²) in [6.45, 7) is 0.449. The second-order valence-corrected chi connectivity index (χ2v) is 3.86. The summed E-state index contributed by atoms with van der Waals surface area (Å²) in [6, 6.07) is 13.2. The number of hydrogen-bond donors (Lipinski definition) is 1. The van der Waals surface area contributed by atoms with E-state index in [0.29, 0.717) is 18.8 Å². The van der Waals surface area contributed by atoms with Crippen LogP contribution in [-0.4, -0.2) is 4.98 Å². The van der Waals surface area contributed by atoms with Crippen molar-refractivity contribution in [3.05, 3.63) is 53.7 Å². The smallest absolute Gasteiger partial charge is 0.123 e. The largest absolute Gasteiger partial charge is 0.489 e. The van der Waals surface area contributed by atoms with Crippen LogP contribution in [0.15, 0.2) is 42.6 Å². The molecule has 0 aliphatic carbocycles. The number of hydrogen-bond acceptors (Lipinski definition) is 4. The number of nitrogen functional groups attached to an aromatic ring is 1. The van der Waals surface area contributed by atoms with E-state index < -0.39 is 0 Å². The second-order valence-electron chi connectivity index (χ2n) is 3.86. The Labute approximate surface area is 106 Å². The molecule has 0 aliphatic heterocycles. The standard InChI is InChI=1S/C14H13N3O/c15-7-5-11-1-3-13(4-2-11)18-10-12-6-8-17-14(16)9-12/h1-4,6,8-9H,5,10H2,(H2,16,17). The van der Waals surface area contributed by atoms with Gasteiger partial charge in [-0.3, -0.25) is 0 Å². The van der Waals surface area contributed by atoms with Gasteiger partial charge in [0.1, 0.15) is 18.2 Å². The van der Waals surface area contributed by atoms with E-state index in [1.807, 2.05) is 30.3 Å². The molecule has 0 atom stereocenters. The predicted molar refractivity (Wildman–Crippen MR) is 68.7 cm³/mol. The lowest BCUT2D eigenvalue weighted by Crippen LogP contribution is -1.98. The lowest BCUT2D eigenvalue weighted by atomic mass is 10.2. The number of nitrogens with two attached hydrogens (primary N) is 1. The molecule has 1 aromatic heterocycles. The fourth-order valence-electron chi connectivity index (χ4n) is 1.55. The number of pyridine rings is 1. The van der Waals surface area contributed by atoms with Crippen molar-refractivity contribution in [3.8, 4) is 11.8 Å². The van der Waals surface area contributed by atoms with Crippen molar-refractivity contribution < 1.29 is 4.74 Å². The van der Waals surface area contributed by atoms with Crippen LogP contribution < -0.4 is 10.5 Å². The maximum atomic E-state index is 8.57. The van der Waals surface area contributed by atoms with Crippen LogP contribution >= 0.6 is 0 Å². The van der Waals surface area contributed by atoms with Gasteiger partial charge in [0.05, 0.1) is 12.5 Å². The molecule has 2 N–H and O–H groups in total. The summed E-state index contributed by atoms with van der Waals surface area (Å²) in [5.41, 5.74) is 7.54. The average Bonchev–Trinajstić information content (AvgIpc) is 2.38. The quantitative estimate of drug-likeness (QED) is 0.888. The molecule has 2 rings (SSSR count). The fourth-order valence-corrected chi connectivity index (χ4v) is 1.55. The van der Waals surface area contributed by atoms with Gasteiger partial charge in [-0.1, -0.05) is 12.1 Å². The predicted octanol–water partition coefficient (Wildman–Crippen LogP) is 2.31. The maximum absolute atomic E-state index is 8.57. The Morgan fingerprint density at radius 1 is 1.17 bits per heavy atom. The minimum absolute atomic E-state index is 0.418. The normalized spacial score (nSPS) is 9.72. The highest BCUT2D eigenvalue weighted by Gasteiger charge is 1.98. The number of ether oxygens (including phenoxy) is 1. The molecule has 0 saturated heterocycles. The Balaban J connectivity index is 1.96. The Hall–Kier alpha value is -2.54. The zero-order valence-corrected chi connectivity index (χ0v) is 9.84. The highest BCUT2D eigenvalue weighted by Crippen LogP contribution is 2.14. The third-order valence-corrected chi connectivity index (χ3v) is 2.46. The number of aromatic nitrogens is 1. The van der Waals surface area contributed by atoms with Gasteiger partial charge in [0.15, 0.2) is 0 Å². The molecule has 4 heteroatoms. The molecule has 0 amide bonds. The van der Waals surface area contributed by atoms with E-state index in [1.54, 1.807) is 12.3 Å². The summed E-state index contributed by atoms with van der Waals surface area (Å²) >= 11 is 0. The van der Waals surface area contributed by atoms with E-state index in [0.717, 1.165) is 16.9 Å². The van der Waals surface area contributed by atoms with Crippen LogP contribution in [0.3, 0.4) is 0 Å². The Kier molecular flexibility index (Phi) is 3.77. The van der Waals surface area contributed by atoms with Crippen LogP contribution in [0.1, 0.15) is 11.1 Å². The molecule has 90 valence electrons. The van der Waals surface area contributed by atoms with Crippen molar-refractivity contribution >= 4 is 5.82 Å². The van der Waals surface area contributed by atoms with Crippen molar-refractivity contribution in [3.63, 3.8) is 0 Å². The number of anilines is 1. The lowest BCUT2D eigenvalue weighted by molar-refractivity contribution is 0.306. The first-order chi connectivity index (χ1) is 8.78. The average molecular weight is 239 g/mol. The summed E-state index contributed by atoms with van der Waals surface area (Å²) in [7, 11) is 0. The highest BCUT2D eigenvalue weighted by atomic mass is 16.5. The molecule has 0 spiro atoms. The van der Waals surface area contributed by atoms with E-state index in [9.17, 15) is 0 Å². The van der Waals surface area contributed by atoms with Crippen LogP contribution in [0, 0.1) is 11.3 Å². The van der Waals surface area contributed by atoms with E-state index in [4.69, 9.17) is 15.7 Å². The molecule has 1 aromatic carbocycles. The number of benzene rings is 1. The summed E-state index contributed by atoms with van der Waals surface area (Å²) < 4.78 is 5.61. The zero-order chi connectivity index (χ0) is 12.8. The summed E-state index contributed by atoms with van der Waals surface area (Å²) in [4.78, 5) is 3.92. The van der Waals surface area contributed by atoms with Crippen molar-refractivity contribution in [1.29, 1.82) is 5.26 Å². The Morgan fingerprint density at radius 2 is 1.94 bits per heavy atom. The monoisotopic (exact) mass is 239 g/mol. The molecule has 0 fully saturated rings. The van der Waals surface area contributed by atoms with Gasteiger partial charge in [-0.25, -0.2) is 4.98 Å². The topological polar surface area (TPSA) is 71.9 Å². The van der Waals surface area contributed by atoms with Gasteiger partial charge in [0.25, 0.3) is 0 Å². The van der Waals surface area contributed by atoms with Crippen molar-refractivity contribution in [2.45, 2.75) is 13.0 Å². The van der Waals surface area contributed by atoms with Crippen LogP contribution in [-0.2, 0) is 13.0 Å². The van der Waals surface area contributed by atoms with E-state index in [-0.39, 0.29) is 0 Å². The molecular formula is C14H13N3O. The molecule has 0 bridgehead atoms. The molecule has 0 radical (unpaired) electrons. The van der Waals surface area contributed by atoms with Crippen LogP contribution in [0.5, 0.6) is 5.75 Å². The molecule has 0 aliphatic rings. The SMILES string of the molecule is N#CCc1ccc(OCc2ccnc(N)c2)cc1. The number of nitriles is 1. The first-order valence-corrected chi connectivity index (χ1v) is 5.57. The zero-order valence-electron chi connectivity index (χ0n) is 9.84. The van der Waals surface area contributed by atoms with Gasteiger partial charge in [-0.2, -0.15) is 5.26 Å². The summed E-state index contributed by atoms with van der Waals surface area (Å²) in [5.74, 6) is 1.26. The fraction of sp³-hybridized carbons (Fsp3) is 0.143. The summed E-state index contributed by atoms with van der Waals surface area (Å²) in [6.07, 6.45) is 2.07. The van der Waals surface area contributed by atoms with Gasteiger partial charge in [0, 0.05) is 6.20 Å². The Morgan fingerprint density at radius 3 is 2.61 bits per heavy atom. The first-order valence-electron chi connectivity index (χ1n) is 5.57. The van der Waals surface area contributed by atoms with Gasteiger partial charge in [0.2, 0.25) is 0 Å².